The second-order valence-electron chi connectivity index (χ2n) is 5.20. The van der Waals surface area contributed by atoms with Crippen LogP contribution in [0.15, 0.2) is 0 Å². The number of piperidine rings is 1. The first kappa shape index (κ1) is 14.8. The normalized spacial score (nSPS) is 21.5. The topological polar surface area (TPSA) is 60.9 Å². The zero-order chi connectivity index (χ0) is 13.7. The fraction of sp³-hybridized carbons (Fsp3) is 0.846. The molecule has 0 aromatic carbocycles. The maximum atomic E-state index is 12.2. The monoisotopic (exact) mass is 256 g/mol. The number of amides is 2. The first-order chi connectivity index (χ1) is 8.45. The van der Waals surface area contributed by atoms with Crippen LogP contribution in [0.5, 0.6) is 0 Å². The van der Waals surface area contributed by atoms with Crippen LogP contribution in [-0.2, 0) is 4.79 Å². The van der Waals surface area contributed by atoms with Crippen molar-refractivity contribution in [2.24, 2.45) is 5.92 Å². The lowest BCUT2D eigenvalue weighted by Crippen LogP contribution is -2.48. The minimum Gasteiger partial charge on any atom is -0.481 e. The average Bonchev–Trinajstić information content (AvgIpc) is 2.35. The number of rotatable bonds is 4. The summed E-state index contributed by atoms with van der Waals surface area (Å²) < 4.78 is 0. The Bertz CT molecular complexity index is 307. The largest absolute Gasteiger partial charge is 0.481 e. The second kappa shape index (κ2) is 6.61. The standard InChI is InChI=1S/C13H24N2O3/c1-4-10(2)14(3)13(18)15-7-5-6-11(9-15)8-12(16)17/h10-11H,4-9H2,1-3H3,(H,16,17). The van der Waals surface area contributed by atoms with Crippen LogP contribution in [0.2, 0.25) is 0 Å². The molecule has 0 spiro atoms. The molecule has 2 unspecified atom stereocenters. The van der Waals surface area contributed by atoms with Gasteiger partial charge < -0.3 is 14.9 Å². The van der Waals surface area contributed by atoms with Crippen molar-refractivity contribution in [3.63, 3.8) is 0 Å². The molecule has 1 rings (SSSR count). The summed E-state index contributed by atoms with van der Waals surface area (Å²) in [7, 11) is 1.82. The van der Waals surface area contributed by atoms with Crippen molar-refractivity contribution < 1.29 is 14.7 Å². The van der Waals surface area contributed by atoms with Gasteiger partial charge in [-0.05, 0) is 32.1 Å². The Morgan fingerprint density at radius 2 is 2.17 bits per heavy atom. The predicted molar refractivity (Wildman–Crippen MR) is 69.5 cm³/mol. The number of likely N-dealkylation sites (tertiary alicyclic amines) is 1. The average molecular weight is 256 g/mol. The van der Waals surface area contributed by atoms with Crippen LogP contribution >= 0.6 is 0 Å². The lowest BCUT2D eigenvalue weighted by molar-refractivity contribution is -0.138. The summed E-state index contributed by atoms with van der Waals surface area (Å²) in [6.07, 6.45) is 2.90. The number of carboxylic acids is 1. The fourth-order valence-electron chi connectivity index (χ4n) is 2.34. The molecule has 0 radical (unpaired) electrons. The van der Waals surface area contributed by atoms with Crippen molar-refractivity contribution in [3.8, 4) is 0 Å². The molecule has 0 bridgehead atoms. The van der Waals surface area contributed by atoms with Crippen LogP contribution < -0.4 is 0 Å². The molecule has 0 aromatic heterocycles. The third-order valence-corrected chi connectivity index (χ3v) is 3.81. The molecule has 1 saturated heterocycles. The van der Waals surface area contributed by atoms with Gasteiger partial charge in [-0.1, -0.05) is 6.92 Å². The van der Waals surface area contributed by atoms with E-state index in [-0.39, 0.29) is 24.4 Å². The quantitative estimate of drug-likeness (QED) is 0.837. The van der Waals surface area contributed by atoms with Gasteiger partial charge in [-0.15, -0.1) is 0 Å². The molecule has 2 amide bonds. The fourth-order valence-corrected chi connectivity index (χ4v) is 2.34. The van der Waals surface area contributed by atoms with Crippen molar-refractivity contribution in [2.45, 2.75) is 45.6 Å². The molecule has 1 heterocycles. The van der Waals surface area contributed by atoms with E-state index in [1.54, 1.807) is 9.80 Å². The van der Waals surface area contributed by atoms with E-state index in [1.165, 1.54) is 0 Å². The van der Waals surface area contributed by atoms with Gasteiger partial charge in [-0.3, -0.25) is 4.79 Å². The van der Waals surface area contributed by atoms with Gasteiger partial charge in [-0.2, -0.15) is 0 Å². The Balaban J connectivity index is 2.55. The molecule has 1 aliphatic rings. The van der Waals surface area contributed by atoms with Crippen LogP contribution in [0.1, 0.15) is 39.5 Å². The Morgan fingerprint density at radius 1 is 1.50 bits per heavy atom. The summed E-state index contributed by atoms with van der Waals surface area (Å²) in [5.74, 6) is -0.671. The number of carbonyl (C=O) groups excluding carboxylic acids is 1. The molecule has 5 nitrogen and oxygen atoms in total. The second-order valence-corrected chi connectivity index (χ2v) is 5.20. The molecule has 1 N–H and O–H groups in total. The predicted octanol–water partition coefficient (Wildman–Crippen LogP) is 2.02. The van der Waals surface area contributed by atoms with Crippen LogP contribution in [0.25, 0.3) is 0 Å². The van der Waals surface area contributed by atoms with Crippen LogP contribution in [0.3, 0.4) is 0 Å². The van der Waals surface area contributed by atoms with Crippen molar-refractivity contribution in [2.75, 3.05) is 20.1 Å². The molecular weight excluding hydrogens is 232 g/mol. The molecule has 5 heteroatoms. The van der Waals surface area contributed by atoms with E-state index in [2.05, 4.69) is 6.92 Å². The highest BCUT2D eigenvalue weighted by Gasteiger charge is 2.28. The van der Waals surface area contributed by atoms with E-state index < -0.39 is 5.97 Å². The smallest absolute Gasteiger partial charge is 0.319 e. The highest BCUT2D eigenvalue weighted by atomic mass is 16.4. The van der Waals surface area contributed by atoms with Gasteiger partial charge in [0.1, 0.15) is 0 Å². The van der Waals surface area contributed by atoms with E-state index in [0.29, 0.717) is 6.54 Å². The van der Waals surface area contributed by atoms with E-state index in [9.17, 15) is 9.59 Å². The van der Waals surface area contributed by atoms with E-state index in [1.807, 2.05) is 14.0 Å². The molecule has 18 heavy (non-hydrogen) atoms. The van der Waals surface area contributed by atoms with Gasteiger partial charge in [0.25, 0.3) is 0 Å². The molecule has 0 aliphatic carbocycles. The Hall–Kier alpha value is -1.26. The summed E-state index contributed by atoms with van der Waals surface area (Å²) in [4.78, 5) is 26.5. The summed E-state index contributed by atoms with van der Waals surface area (Å²) in [5.41, 5.74) is 0. The Labute approximate surface area is 109 Å². The van der Waals surface area contributed by atoms with Crippen LogP contribution in [-0.4, -0.2) is 53.1 Å². The molecular formula is C13H24N2O3. The molecule has 0 saturated carbocycles. The third-order valence-electron chi connectivity index (χ3n) is 3.81. The summed E-state index contributed by atoms with van der Waals surface area (Å²) >= 11 is 0. The molecule has 2 atom stereocenters. The Morgan fingerprint density at radius 3 is 2.72 bits per heavy atom. The molecule has 1 fully saturated rings. The zero-order valence-corrected chi connectivity index (χ0v) is 11.6. The van der Waals surface area contributed by atoms with Gasteiger partial charge in [-0.25, -0.2) is 4.79 Å². The van der Waals surface area contributed by atoms with E-state index >= 15 is 0 Å². The number of aliphatic carboxylic acids is 1. The van der Waals surface area contributed by atoms with Gasteiger partial charge in [0.2, 0.25) is 0 Å². The number of hydrogen-bond acceptors (Lipinski definition) is 2. The van der Waals surface area contributed by atoms with Gasteiger partial charge in [0.05, 0.1) is 0 Å². The van der Waals surface area contributed by atoms with Crippen molar-refractivity contribution >= 4 is 12.0 Å². The van der Waals surface area contributed by atoms with Crippen molar-refractivity contribution in [1.82, 2.24) is 9.80 Å². The van der Waals surface area contributed by atoms with Crippen LogP contribution in [0.4, 0.5) is 4.79 Å². The van der Waals surface area contributed by atoms with Crippen molar-refractivity contribution in [3.05, 3.63) is 0 Å². The summed E-state index contributed by atoms with van der Waals surface area (Å²) in [6.45, 7) is 5.40. The minimum atomic E-state index is -0.774. The number of urea groups is 1. The number of carbonyl (C=O) groups is 2. The lowest BCUT2D eigenvalue weighted by atomic mass is 9.95. The van der Waals surface area contributed by atoms with E-state index in [4.69, 9.17) is 5.11 Å². The maximum absolute atomic E-state index is 12.2. The summed E-state index contributed by atoms with van der Waals surface area (Å²) in [5, 5.41) is 8.81. The summed E-state index contributed by atoms with van der Waals surface area (Å²) in [6, 6.07) is 0.247. The molecule has 0 aromatic rings. The SMILES string of the molecule is CCC(C)N(C)C(=O)N1CCCC(CC(=O)O)C1. The third kappa shape index (κ3) is 3.89. The maximum Gasteiger partial charge on any atom is 0.319 e. The van der Waals surface area contributed by atoms with Crippen molar-refractivity contribution in [1.29, 1.82) is 0 Å². The highest BCUT2D eigenvalue weighted by Crippen LogP contribution is 2.21. The molecule has 1 aliphatic heterocycles. The van der Waals surface area contributed by atoms with E-state index in [0.717, 1.165) is 25.8 Å². The minimum absolute atomic E-state index is 0.0273. The van der Waals surface area contributed by atoms with Gasteiger partial charge >= 0.3 is 12.0 Å². The van der Waals surface area contributed by atoms with Gasteiger partial charge in [0.15, 0.2) is 0 Å². The first-order valence-electron chi connectivity index (χ1n) is 6.69. The first-order valence-corrected chi connectivity index (χ1v) is 6.69. The number of nitrogens with zero attached hydrogens (tertiary/aromatic N) is 2. The Kier molecular flexibility index (Phi) is 5.44. The lowest BCUT2D eigenvalue weighted by Gasteiger charge is -2.36. The zero-order valence-electron chi connectivity index (χ0n) is 11.6. The van der Waals surface area contributed by atoms with Gasteiger partial charge in [0, 0.05) is 32.6 Å². The highest BCUT2D eigenvalue weighted by molar-refractivity contribution is 5.74. The molecule has 104 valence electrons. The number of carboxylic acid groups (broad SMARTS) is 1. The number of hydrogen-bond donors (Lipinski definition) is 1. The van der Waals surface area contributed by atoms with Crippen LogP contribution in [0, 0.1) is 5.92 Å².